The van der Waals surface area contributed by atoms with Crippen LogP contribution in [0.25, 0.3) is 0 Å². The zero-order valence-electron chi connectivity index (χ0n) is 15.5. The quantitative estimate of drug-likeness (QED) is 0.734. The summed E-state index contributed by atoms with van der Waals surface area (Å²) in [5, 5.41) is 5.96. The molecule has 2 amide bonds. The number of halogens is 2. The molecule has 0 spiro atoms. The molecule has 2 atom stereocenters. The van der Waals surface area contributed by atoms with Gasteiger partial charge in [0.25, 0.3) is 5.91 Å². The topological polar surface area (TPSA) is 61.4 Å². The number of amides is 2. The average Bonchev–Trinajstić information content (AvgIpc) is 2.67. The van der Waals surface area contributed by atoms with Crippen molar-refractivity contribution in [3.63, 3.8) is 0 Å². The largest absolute Gasteiger partial charge is 0.370 e. The molecular weight excluding hydrogens is 385 g/mol. The standard InChI is InChI=1S/C20H23Cl2N3O2/c1-13(25(3)15-8-5-4-6-9-15)12-23-19(26)14(2)24-20(27)16-10-7-11-17(21)18(16)22/h4-11,13-14H,12H2,1-3H3,(H,23,26)(H,24,27). The zero-order chi connectivity index (χ0) is 20.0. The second-order valence-electron chi connectivity index (χ2n) is 6.34. The van der Waals surface area contributed by atoms with E-state index in [1.165, 1.54) is 0 Å². The number of benzene rings is 2. The lowest BCUT2D eigenvalue weighted by Gasteiger charge is -2.27. The van der Waals surface area contributed by atoms with E-state index in [-0.39, 0.29) is 22.5 Å². The van der Waals surface area contributed by atoms with Crippen molar-refractivity contribution in [1.82, 2.24) is 10.6 Å². The van der Waals surface area contributed by atoms with Crippen LogP contribution in [0.5, 0.6) is 0 Å². The third kappa shape index (κ3) is 5.62. The van der Waals surface area contributed by atoms with E-state index in [0.717, 1.165) is 5.69 Å². The van der Waals surface area contributed by atoms with Crippen LogP contribution in [0.15, 0.2) is 48.5 Å². The average molecular weight is 408 g/mol. The summed E-state index contributed by atoms with van der Waals surface area (Å²) in [5.74, 6) is -0.714. The van der Waals surface area contributed by atoms with Gasteiger partial charge in [0.05, 0.1) is 15.6 Å². The number of nitrogens with zero attached hydrogens (tertiary/aromatic N) is 1. The molecule has 5 nitrogen and oxygen atoms in total. The van der Waals surface area contributed by atoms with Crippen molar-refractivity contribution in [2.45, 2.75) is 25.9 Å². The monoisotopic (exact) mass is 407 g/mol. The van der Waals surface area contributed by atoms with E-state index in [4.69, 9.17) is 23.2 Å². The molecular formula is C20H23Cl2N3O2. The highest BCUT2D eigenvalue weighted by molar-refractivity contribution is 6.43. The van der Waals surface area contributed by atoms with E-state index in [1.54, 1.807) is 25.1 Å². The molecule has 7 heteroatoms. The van der Waals surface area contributed by atoms with Gasteiger partial charge in [-0.1, -0.05) is 47.5 Å². The number of hydrogen-bond donors (Lipinski definition) is 2. The van der Waals surface area contributed by atoms with Gasteiger partial charge >= 0.3 is 0 Å². The lowest BCUT2D eigenvalue weighted by molar-refractivity contribution is -0.122. The molecule has 0 aliphatic rings. The molecule has 0 saturated heterocycles. The van der Waals surface area contributed by atoms with E-state index < -0.39 is 11.9 Å². The van der Waals surface area contributed by atoms with Crippen molar-refractivity contribution < 1.29 is 9.59 Å². The lowest BCUT2D eigenvalue weighted by atomic mass is 10.2. The van der Waals surface area contributed by atoms with Crippen LogP contribution in [0.1, 0.15) is 24.2 Å². The molecule has 0 aliphatic heterocycles. The normalized spacial score (nSPS) is 12.8. The number of para-hydroxylation sites is 1. The highest BCUT2D eigenvalue weighted by atomic mass is 35.5. The number of rotatable bonds is 7. The Balaban J connectivity index is 1.88. The molecule has 0 heterocycles. The fraction of sp³-hybridized carbons (Fsp3) is 0.300. The van der Waals surface area contributed by atoms with Crippen LogP contribution in [-0.2, 0) is 4.79 Å². The van der Waals surface area contributed by atoms with Crippen LogP contribution in [0.4, 0.5) is 5.69 Å². The molecule has 2 rings (SSSR count). The Kier molecular flexibility index (Phi) is 7.51. The highest BCUT2D eigenvalue weighted by Gasteiger charge is 2.20. The SMILES string of the molecule is CC(NC(=O)c1cccc(Cl)c1Cl)C(=O)NCC(C)N(C)c1ccccc1. The Bertz CT molecular complexity index is 799. The van der Waals surface area contributed by atoms with Crippen molar-refractivity contribution in [3.8, 4) is 0 Å². The Labute approximate surface area is 169 Å². The van der Waals surface area contributed by atoms with Crippen LogP contribution in [0, 0.1) is 0 Å². The van der Waals surface area contributed by atoms with E-state index >= 15 is 0 Å². The fourth-order valence-corrected chi connectivity index (χ4v) is 2.86. The zero-order valence-corrected chi connectivity index (χ0v) is 17.0. The van der Waals surface area contributed by atoms with Crippen LogP contribution < -0.4 is 15.5 Å². The van der Waals surface area contributed by atoms with Gasteiger partial charge in [0.2, 0.25) is 5.91 Å². The van der Waals surface area contributed by atoms with Crippen molar-refractivity contribution in [1.29, 1.82) is 0 Å². The van der Waals surface area contributed by atoms with Gasteiger partial charge < -0.3 is 15.5 Å². The summed E-state index contributed by atoms with van der Waals surface area (Å²) in [6.45, 7) is 4.09. The first-order chi connectivity index (χ1) is 12.8. The van der Waals surface area contributed by atoms with Gasteiger partial charge in [0, 0.05) is 25.3 Å². The summed E-state index contributed by atoms with van der Waals surface area (Å²) in [6.07, 6.45) is 0. The molecule has 0 bridgehead atoms. The van der Waals surface area contributed by atoms with E-state index in [0.29, 0.717) is 11.6 Å². The van der Waals surface area contributed by atoms with Crippen LogP contribution >= 0.6 is 23.2 Å². The third-order valence-corrected chi connectivity index (χ3v) is 5.15. The number of carbonyl (C=O) groups is 2. The number of likely N-dealkylation sites (N-methyl/N-ethyl adjacent to an activating group) is 1. The molecule has 2 N–H and O–H groups in total. The molecule has 2 unspecified atom stereocenters. The first kappa shape index (κ1) is 21.1. The van der Waals surface area contributed by atoms with E-state index in [1.807, 2.05) is 44.3 Å². The maximum Gasteiger partial charge on any atom is 0.253 e. The third-order valence-electron chi connectivity index (χ3n) is 4.33. The molecule has 27 heavy (non-hydrogen) atoms. The molecule has 0 radical (unpaired) electrons. The van der Waals surface area contributed by atoms with Gasteiger partial charge in [-0.25, -0.2) is 0 Å². The molecule has 144 valence electrons. The van der Waals surface area contributed by atoms with Gasteiger partial charge in [0.15, 0.2) is 0 Å². The maximum atomic E-state index is 12.3. The van der Waals surface area contributed by atoms with Crippen molar-refractivity contribution >= 4 is 40.7 Å². The summed E-state index contributed by atoms with van der Waals surface area (Å²) in [4.78, 5) is 26.7. The van der Waals surface area contributed by atoms with Crippen molar-refractivity contribution in [2.24, 2.45) is 0 Å². The number of hydrogen-bond acceptors (Lipinski definition) is 3. The summed E-state index contributed by atoms with van der Waals surface area (Å²) in [5.41, 5.74) is 1.30. The van der Waals surface area contributed by atoms with Gasteiger partial charge in [-0.3, -0.25) is 9.59 Å². The fourth-order valence-electron chi connectivity index (χ4n) is 2.48. The molecule has 0 aromatic heterocycles. The van der Waals surface area contributed by atoms with Gasteiger partial charge in [-0.05, 0) is 38.1 Å². The number of nitrogens with one attached hydrogen (secondary N) is 2. The summed E-state index contributed by atoms with van der Waals surface area (Å²) in [6, 6.07) is 14.1. The molecule has 2 aromatic carbocycles. The predicted octanol–water partition coefficient (Wildman–Crippen LogP) is 3.75. The Hall–Kier alpha value is -2.24. The first-order valence-electron chi connectivity index (χ1n) is 8.61. The molecule has 0 fully saturated rings. The lowest BCUT2D eigenvalue weighted by Crippen LogP contribution is -2.48. The van der Waals surface area contributed by atoms with Gasteiger partial charge in [-0.2, -0.15) is 0 Å². The number of carbonyl (C=O) groups excluding carboxylic acids is 2. The summed E-state index contributed by atoms with van der Waals surface area (Å²) < 4.78 is 0. The highest BCUT2D eigenvalue weighted by Crippen LogP contribution is 2.25. The van der Waals surface area contributed by atoms with Crippen LogP contribution in [0.3, 0.4) is 0 Å². The van der Waals surface area contributed by atoms with Gasteiger partial charge in [0.1, 0.15) is 6.04 Å². The second kappa shape index (κ2) is 9.62. The second-order valence-corrected chi connectivity index (χ2v) is 7.12. The number of anilines is 1. The Morgan fingerprint density at radius 2 is 1.70 bits per heavy atom. The molecule has 2 aromatic rings. The predicted molar refractivity (Wildman–Crippen MR) is 111 cm³/mol. The van der Waals surface area contributed by atoms with Gasteiger partial charge in [-0.15, -0.1) is 0 Å². The first-order valence-corrected chi connectivity index (χ1v) is 9.37. The van der Waals surface area contributed by atoms with Crippen LogP contribution in [-0.4, -0.2) is 37.5 Å². The molecule has 0 saturated carbocycles. The maximum absolute atomic E-state index is 12.3. The van der Waals surface area contributed by atoms with Crippen molar-refractivity contribution in [2.75, 3.05) is 18.5 Å². The minimum atomic E-state index is -0.707. The van der Waals surface area contributed by atoms with E-state index in [2.05, 4.69) is 15.5 Å². The Morgan fingerprint density at radius 3 is 2.37 bits per heavy atom. The van der Waals surface area contributed by atoms with Crippen LogP contribution in [0.2, 0.25) is 10.0 Å². The van der Waals surface area contributed by atoms with E-state index in [9.17, 15) is 9.59 Å². The summed E-state index contributed by atoms with van der Waals surface area (Å²) >= 11 is 12.0. The summed E-state index contributed by atoms with van der Waals surface area (Å²) in [7, 11) is 1.97. The minimum Gasteiger partial charge on any atom is -0.370 e. The van der Waals surface area contributed by atoms with Crippen molar-refractivity contribution in [3.05, 3.63) is 64.1 Å². The minimum absolute atomic E-state index is 0.0848. The Morgan fingerprint density at radius 1 is 1.04 bits per heavy atom. The smallest absolute Gasteiger partial charge is 0.253 e. The molecule has 0 aliphatic carbocycles.